The second-order valence-electron chi connectivity index (χ2n) is 2.52. The molecule has 4 nitrogen and oxygen atoms in total. The number of rotatable bonds is 6. The van der Waals surface area contributed by atoms with Gasteiger partial charge >= 0.3 is 11.9 Å². The quantitative estimate of drug-likeness (QED) is 0.540. The van der Waals surface area contributed by atoms with E-state index < -0.39 is 22.7 Å². The molecule has 0 saturated heterocycles. The van der Waals surface area contributed by atoms with Gasteiger partial charge in [-0.25, -0.2) is 0 Å². The molecule has 0 fully saturated rings. The highest BCUT2D eigenvalue weighted by Crippen LogP contribution is 2.14. The van der Waals surface area contributed by atoms with Gasteiger partial charge in [0, 0.05) is 11.5 Å². The number of hydrogen-bond donors (Lipinski definition) is 0. The molecule has 0 aliphatic carbocycles. The van der Waals surface area contributed by atoms with Crippen molar-refractivity contribution in [2.45, 2.75) is 10.8 Å². The molecule has 88 valence electrons. The number of halogens is 2. The number of ether oxygens (including phenoxy) is 2. The van der Waals surface area contributed by atoms with Gasteiger partial charge in [0.05, 0.1) is 14.2 Å². The Morgan fingerprint density at radius 3 is 1.67 bits per heavy atom. The summed E-state index contributed by atoms with van der Waals surface area (Å²) < 4.78 is 8.86. The monoisotopic (exact) mass is 274 g/mol. The fourth-order valence-electron chi connectivity index (χ4n) is 0.667. The van der Waals surface area contributed by atoms with Crippen LogP contribution in [0.5, 0.6) is 0 Å². The van der Waals surface area contributed by atoms with Crippen molar-refractivity contribution < 1.29 is 19.1 Å². The van der Waals surface area contributed by atoms with Crippen molar-refractivity contribution in [2.75, 3.05) is 25.7 Å². The molecule has 0 rings (SSSR count). The molecule has 0 heterocycles. The fourth-order valence-corrected chi connectivity index (χ4v) is 2.20. The van der Waals surface area contributed by atoms with Crippen molar-refractivity contribution in [3.05, 3.63) is 0 Å². The summed E-state index contributed by atoms with van der Waals surface area (Å²) in [4.78, 5) is 21.8. The molecular formula is C8H12Cl2O4S. The van der Waals surface area contributed by atoms with E-state index in [2.05, 4.69) is 9.47 Å². The SMILES string of the molecule is COC(=O)C(Cl)CSCC(Cl)C(=O)OC. The molecule has 0 radical (unpaired) electrons. The van der Waals surface area contributed by atoms with Crippen molar-refractivity contribution in [1.29, 1.82) is 0 Å². The number of carbonyl (C=O) groups is 2. The van der Waals surface area contributed by atoms with Crippen LogP contribution in [0.15, 0.2) is 0 Å². The van der Waals surface area contributed by atoms with Crippen LogP contribution in [-0.4, -0.2) is 48.4 Å². The Labute approximate surface area is 103 Å². The van der Waals surface area contributed by atoms with E-state index in [-0.39, 0.29) is 0 Å². The molecule has 0 aromatic carbocycles. The Bertz CT molecular complexity index is 203. The predicted octanol–water partition coefficient (Wildman–Crippen LogP) is 1.28. The highest BCUT2D eigenvalue weighted by atomic mass is 35.5. The maximum absolute atomic E-state index is 10.9. The van der Waals surface area contributed by atoms with Gasteiger partial charge in [-0.15, -0.1) is 23.2 Å². The molecule has 2 unspecified atom stereocenters. The lowest BCUT2D eigenvalue weighted by molar-refractivity contribution is -0.140. The average molecular weight is 275 g/mol. The average Bonchev–Trinajstić information content (AvgIpc) is 2.26. The molecule has 0 N–H and O–H groups in total. The van der Waals surface area contributed by atoms with E-state index in [9.17, 15) is 9.59 Å². The first-order valence-electron chi connectivity index (χ1n) is 4.04. The zero-order valence-corrected chi connectivity index (χ0v) is 10.7. The Hall–Kier alpha value is -0.130. The first-order valence-corrected chi connectivity index (χ1v) is 6.07. The van der Waals surface area contributed by atoms with Gasteiger partial charge in [-0.3, -0.25) is 9.59 Å². The van der Waals surface area contributed by atoms with Crippen molar-refractivity contribution in [3.8, 4) is 0 Å². The van der Waals surface area contributed by atoms with E-state index in [1.165, 1.54) is 26.0 Å². The third-order valence-electron chi connectivity index (χ3n) is 1.44. The largest absolute Gasteiger partial charge is 0.468 e. The third kappa shape index (κ3) is 6.12. The minimum Gasteiger partial charge on any atom is -0.468 e. The minimum atomic E-state index is -0.721. The molecule has 7 heteroatoms. The smallest absolute Gasteiger partial charge is 0.324 e. The van der Waals surface area contributed by atoms with Crippen LogP contribution in [0.2, 0.25) is 0 Å². The van der Waals surface area contributed by atoms with Crippen molar-refractivity contribution in [2.24, 2.45) is 0 Å². The maximum Gasteiger partial charge on any atom is 0.324 e. The first kappa shape index (κ1) is 14.9. The van der Waals surface area contributed by atoms with Crippen LogP contribution >= 0.6 is 35.0 Å². The van der Waals surface area contributed by atoms with Gasteiger partial charge in [0.25, 0.3) is 0 Å². The van der Waals surface area contributed by atoms with Gasteiger partial charge < -0.3 is 9.47 Å². The number of thioether (sulfide) groups is 1. The molecule has 0 spiro atoms. The molecule has 0 aromatic rings. The summed E-state index contributed by atoms with van der Waals surface area (Å²) in [5.74, 6) is -0.301. The third-order valence-corrected chi connectivity index (χ3v) is 3.61. The van der Waals surface area contributed by atoms with Crippen LogP contribution in [-0.2, 0) is 19.1 Å². The lowest BCUT2D eigenvalue weighted by atomic mass is 10.5. The van der Waals surface area contributed by atoms with Crippen molar-refractivity contribution in [1.82, 2.24) is 0 Å². The highest BCUT2D eigenvalue weighted by Gasteiger charge is 2.19. The Morgan fingerprint density at radius 2 is 1.40 bits per heavy atom. The number of methoxy groups -OCH3 is 2. The normalized spacial score (nSPS) is 14.1. The second kappa shape index (κ2) is 8.07. The topological polar surface area (TPSA) is 52.6 Å². The molecule has 0 aliphatic rings. The summed E-state index contributed by atoms with van der Waals surface area (Å²) in [7, 11) is 2.53. The van der Waals surface area contributed by atoms with E-state index in [1.54, 1.807) is 0 Å². The minimum absolute atomic E-state index is 0.342. The molecule has 0 amide bonds. The summed E-state index contributed by atoms with van der Waals surface area (Å²) in [6, 6.07) is 0. The number of hydrogen-bond acceptors (Lipinski definition) is 5. The van der Waals surface area contributed by atoms with Gasteiger partial charge in [-0.05, 0) is 0 Å². The van der Waals surface area contributed by atoms with Crippen LogP contribution in [0.25, 0.3) is 0 Å². The Morgan fingerprint density at radius 1 is 1.07 bits per heavy atom. The van der Waals surface area contributed by atoms with Gasteiger partial charge in [0.2, 0.25) is 0 Å². The van der Waals surface area contributed by atoms with Crippen LogP contribution in [0, 0.1) is 0 Å². The predicted molar refractivity (Wildman–Crippen MR) is 60.6 cm³/mol. The second-order valence-corrected chi connectivity index (χ2v) is 4.65. The van der Waals surface area contributed by atoms with Crippen LogP contribution in [0.4, 0.5) is 0 Å². The van der Waals surface area contributed by atoms with Gasteiger partial charge in [-0.2, -0.15) is 11.8 Å². The maximum atomic E-state index is 10.9. The van der Waals surface area contributed by atoms with Crippen molar-refractivity contribution >= 4 is 46.9 Å². The van der Waals surface area contributed by atoms with E-state index in [4.69, 9.17) is 23.2 Å². The molecule has 0 aliphatic heterocycles. The summed E-state index contributed by atoms with van der Waals surface area (Å²) in [6.07, 6.45) is 0. The van der Waals surface area contributed by atoms with E-state index in [0.717, 1.165) is 0 Å². The number of alkyl halides is 2. The van der Waals surface area contributed by atoms with Gasteiger partial charge in [-0.1, -0.05) is 0 Å². The van der Waals surface area contributed by atoms with Crippen LogP contribution in [0.3, 0.4) is 0 Å². The molecular weight excluding hydrogens is 263 g/mol. The Balaban J connectivity index is 3.70. The molecule has 2 atom stereocenters. The Kier molecular flexibility index (Phi) is 8.00. The summed E-state index contributed by atoms with van der Waals surface area (Å²) in [5.41, 5.74) is 0. The van der Waals surface area contributed by atoms with E-state index in [0.29, 0.717) is 11.5 Å². The summed E-state index contributed by atoms with van der Waals surface area (Å²) >= 11 is 12.6. The fraction of sp³-hybridized carbons (Fsp3) is 0.750. The molecule has 0 saturated carbocycles. The first-order chi connectivity index (χ1) is 7.02. The molecule has 0 aromatic heterocycles. The van der Waals surface area contributed by atoms with Crippen LogP contribution in [0.1, 0.15) is 0 Å². The standard InChI is InChI=1S/C8H12Cl2O4S/c1-13-7(11)5(9)3-15-4-6(10)8(12)14-2/h5-6H,3-4H2,1-2H3. The van der Waals surface area contributed by atoms with E-state index in [1.807, 2.05) is 0 Å². The molecule has 0 bridgehead atoms. The zero-order valence-electron chi connectivity index (χ0n) is 8.37. The zero-order chi connectivity index (χ0) is 11.8. The summed E-state index contributed by atoms with van der Waals surface area (Å²) in [6.45, 7) is 0. The number of esters is 2. The van der Waals surface area contributed by atoms with E-state index >= 15 is 0 Å². The van der Waals surface area contributed by atoms with Gasteiger partial charge in [0.15, 0.2) is 0 Å². The summed E-state index contributed by atoms with van der Waals surface area (Å²) in [5, 5.41) is -1.44. The lowest BCUT2D eigenvalue weighted by Gasteiger charge is -2.09. The lowest BCUT2D eigenvalue weighted by Crippen LogP contribution is -2.22. The highest BCUT2D eigenvalue weighted by molar-refractivity contribution is 7.99. The van der Waals surface area contributed by atoms with Gasteiger partial charge in [0.1, 0.15) is 10.8 Å². The number of carbonyl (C=O) groups excluding carboxylic acids is 2. The van der Waals surface area contributed by atoms with Crippen LogP contribution < -0.4 is 0 Å². The molecule has 15 heavy (non-hydrogen) atoms. The van der Waals surface area contributed by atoms with Crippen molar-refractivity contribution in [3.63, 3.8) is 0 Å².